The zero-order valence-electron chi connectivity index (χ0n) is 11.3. The maximum Gasteiger partial charge on any atom is 0.240 e. The molecular formula is C15H19NO3S. The summed E-state index contributed by atoms with van der Waals surface area (Å²) in [5.74, 6) is -0.349. The summed E-state index contributed by atoms with van der Waals surface area (Å²) in [6, 6.07) is 7.83. The quantitative estimate of drug-likeness (QED) is 0.923. The average Bonchev–Trinajstić information content (AvgIpc) is 3.20. The molecule has 1 fully saturated rings. The molecule has 4 nitrogen and oxygen atoms in total. The molecule has 1 N–H and O–H groups in total. The molecule has 0 unspecified atom stereocenters. The van der Waals surface area contributed by atoms with Crippen molar-refractivity contribution in [1.29, 1.82) is 0 Å². The largest absolute Gasteiger partial charge is 0.273 e. The van der Waals surface area contributed by atoms with Crippen molar-refractivity contribution in [2.45, 2.75) is 38.0 Å². The number of benzene rings is 1. The minimum atomic E-state index is -3.47. The van der Waals surface area contributed by atoms with Gasteiger partial charge in [0.15, 0.2) is 0 Å². The van der Waals surface area contributed by atoms with Gasteiger partial charge in [0.05, 0.1) is 11.7 Å². The second-order valence-electron chi connectivity index (χ2n) is 5.83. The van der Waals surface area contributed by atoms with Gasteiger partial charge in [0.2, 0.25) is 15.9 Å². The number of rotatable bonds is 4. The lowest BCUT2D eigenvalue weighted by molar-refractivity contribution is -0.121. The standard InChI is InChI=1S/C15H19NO3S/c17-15(16-20(18,19)10-11-8-9-11)14-7-3-5-12-4-1-2-6-13(12)14/h1-2,4,6,11,14H,3,5,7-10H2,(H,16,17)/t14-/m0/s1. The van der Waals surface area contributed by atoms with Crippen molar-refractivity contribution in [3.8, 4) is 0 Å². The average molecular weight is 293 g/mol. The maximum atomic E-state index is 12.3. The van der Waals surface area contributed by atoms with Crippen LogP contribution >= 0.6 is 0 Å². The minimum Gasteiger partial charge on any atom is -0.273 e. The van der Waals surface area contributed by atoms with E-state index in [1.165, 1.54) is 5.56 Å². The number of nitrogens with one attached hydrogen (secondary N) is 1. The molecule has 1 atom stereocenters. The van der Waals surface area contributed by atoms with Gasteiger partial charge in [0, 0.05) is 0 Å². The second kappa shape index (κ2) is 5.20. The Morgan fingerprint density at radius 1 is 1.20 bits per heavy atom. The molecule has 0 spiro atoms. The van der Waals surface area contributed by atoms with Crippen LogP contribution in [0.3, 0.4) is 0 Å². The van der Waals surface area contributed by atoms with Crippen molar-refractivity contribution in [3.63, 3.8) is 0 Å². The molecule has 1 aromatic rings. The van der Waals surface area contributed by atoms with Crippen LogP contribution < -0.4 is 4.72 Å². The summed E-state index contributed by atoms with van der Waals surface area (Å²) in [6.07, 6.45) is 4.54. The minimum absolute atomic E-state index is 0.0904. The van der Waals surface area contributed by atoms with Crippen LogP contribution in [0.25, 0.3) is 0 Å². The summed E-state index contributed by atoms with van der Waals surface area (Å²) in [5.41, 5.74) is 2.15. The molecule has 2 aliphatic carbocycles. The first-order valence-corrected chi connectivity index (χ1v) is 8.82. The number of carbonyl (C=O) groups excluding carboxylic acids is 1. The van der Waals surface area contributed by atoms with Crippen LogP contribution in [0, 0.1) is 5.92 Å². The zero-order valence-corrected chi connectivity index (χ0v) is 12.2. The zero-order chi connectivity index (χ0) is 14.2. The highest BCUT2D eigenvalue weighted by molar-refractivity contribution is 7.90. The van der Waals surface area contributed by atoms with Crippen molar-refractivity contribution in [1.82, 2.24) is 4.72 Å². The first kappa shape index (κ1) is 13.6. The van der Waals surface area contributed by atoms with E-state index in [1.54, 1.807) is 0 Å². The molecular weight excluding hydrogens is 274 g/mol. The number of hydrogen-bond acceptors (Lipinski definition) is 3. The van der Waals surface area contributed by atoms with E-state index >= 15 is 0 Å². The van der Waals surface area contributed by atoms with Gasteiger partial charge in [-0.1, -0.05) is 24.3 Å². The van der Waals surface area contributed by atoms with Crippen LogP contribution in [0.4, 0.5) is 0 Å². The van der Waals surface area contributed by atoms with E-state index in [0.717, 1.165) is 37.7 Å². The highest BCUT2D eigenvalue weighted by Gasteiger charge is 2.32. The summed E-state index contributed by atoms with van der Waals surface area (Å²) in [7, 11) is -3.47. The van der Waals surface area contributed by atoms with Crippen LogP contribution in [0.2, 0.25) is 0 Å². The molecule has 0 bridgehead atoms. The van der Waals surface area contributed by atoms with Crippen molar-refractivity contribution in [3.05, 3.63) is 35.4 Å². The SMILES string of the molecule is O=C(NS(=O)(=O)CC1CC1)[C@H]1CCCc2ccccc21. The lowest BCUT2D eigenvalue weighted by Crippen LogP contribution is -2.37. The summed E-state index contributed by atoms with van der Waals surface area (Å²) in [4.78, 5) is 12.3. The fraction of sp³-hybridized carbons (Fsp3) is 0.533. The third-order valence-corrected chi connectivity index (χ3v) is 5.52. The predicted octanol–water partition coefficient (Wildman–Crippen LogP) is 1.96. The fourth-order valence-corrected chi connectivity index (χ4v) is 4.37. The lowest BCUT2D eigenvalue weighted by atomic mass is 9.82. The number of hydrogen-bond donors (Lipinski definition) is 1. The monoisotopic (exact) mass is 293 g/mol. The Balaban J connectivity index is 1.74. The van der Waals surface area contributed by atoms with Crippen molar-refractivity contribution in [2.75, 3.05) is 5.75 Å². The van der Waals surface area contributed by atoms with Gasteiger partial charge in [-0.2, -0.15) is 0 Å². The topological polar surface area (TPSA) is 63.2 Å². The van der Waals surface area contributed by atoms with E-state index in [1.807, 2.05) is 24.3 Å². The molecule has 0 saturated heterocycles. The Morgan fingerprint density at radius 3 is 2.70 bits per heavy atom. The molecule has 1 amide bonds. The van der Waals surface area contributed by atoms with E-state index in [0.29, 0.717) is 0 Å². The molecule has 0 heterocycles. The predicted molar refractivity (Wildman–Crippen MR) is 76.8 cm³/mol. The van der Waals surface area contributed by atoms with Crippen molar-refractivity contribution < 1.29 is 13.2 Å². The molecule has 0 aliphatic heterocycles. The molecule has 108 valence electrons. The Kier molecular flexibility index (Phi) is 3.54. The molecule has 0 radical (unpaired) electrons. The Bertz CT molecular complexity index is 620. The van der Waals surface area contributed by atoms with Gasteiger partial charge in [0.25, 0.3) is 0 Å². The van der Waals surface area contributed by atoms with Crippen LogP contribution in [0.5, 0.6) is 0 Å². The summed E-state index contributed by atoms with van der Waals surface area (Å²) in [5, 5.41) is 0. The first-order chi connectivity index (χ1) is 9.55. The summed E-state index contributed by atoms with van der Waals surface area (Å²) >= 11 is 0. The van der Waals surface area contributed by atoms with Crippen molar-refractivity contribution >= 4 is 15.9 Å². The van der Waals surface area contributed by atoms with E-state index in [4.69, 9.17) is 0 Å². The van der Waals surface area contributed by atoms with E-state index in [2.05, 4.69) is 4.72 Å². The van der Waals surface area contributed by atoms with Crippen LogP contribution in [0.15, 0.2) is 24.3 Å². The highest BCUT2D eigenvalue weighted by atomic mass is 32.2. The lowest BCUT2D eigenvalue weighted by Gasteiger charge is -2.24. The third kappa shape index (κ3) is 3.03. The Morgan fingerprint density at radius 2 is 1.95 bits per heavy atom. The van der Waals surface area contributed by atoms with E-state index < -0.39 is 10.0 Å². The number of aryl methyl sites for hydroxylation is 1. The maximum absolute atomic E-state index is 12.3. The number of sulfonamides is 1. The molecule has 2 aliphatic rings. The number of amides is 1. The second-order valence-corrected chi connectivity index (χ2v) is 7.60. The normalized spacial score (nSPS) is 22.1. The van der Waals surface area contributed by atoms with Gasteiger partial charge < -0.3 is 0 Å². The third-order valence-electron chi connectivity index (χ3n) is 4.09. The van der Waals surface area contributed by atoms with Gasteiger partial charge in [-0.25, -0.2) is 8.42 Å². The van der Waals surface area contributed by atoms with Gasteiger partial charge >= 0.3 is 0 Å². The molecule has 0 aromatic heterocycles. The highest BCUT2D eigenvalue weighted by Crippen LogP contribution is 2.33. The molecule has 1 saturated carbocycles. The molecule has 1 aromatic carbocycles. The first-order valence-electron chi connectivity index (χ1n) is 7.17. The van der Waals surface area contributed by atoms with E-state index in [-0.39, 0.29) is 23.5 Å². The summed E-state index contributed by atoms with van der Waals surface area (Å²) in [6.45, 7) is 0. The van der Waals surface area contributed by atoms with Gasteiger partial charge in [-0.15, -0.1) is 0 Å². The van der Waals surface area contributed by atoms with Crippen LogP contribution in [0.1, 0.15) is 42.7 Å². The van der Waals surface area contributed by atoms with Crippen LogP contribution in [-0.2, 0) is 21.2 Å². The van der Waals surface area contributed by atoms with Gasteiger partial charge in [0.1, 0.15) is 0 Å². The van der Waals surface area contributed by atoms with Crippen LogP contribution in [-0.4, -0.2) is 20.1 Å². The number of fused-ring (bicyclic) bond motifs is 1. The molecule has 20 heavy (non-hydrogen) atoms. The Labute approximate surface area is 119 Å². The van der Waals surface area contributed by atoms with E-state index in [9.17, 15) is 13.2 Å². The van der Waals surface area contributed by atoms with Gasteiger partial charge in [-0.05, 0) is 49.1 Å². The molecule has 3 rings (SSSR count). The smallest absolute Gasteiger partial charge is 0.240 e. The number of carbonyl (C=O) groups is 1. The van der Waals surface area contributed by atoms with Crippen molar-refractivity contribution in [2.24, 2.45) is 5.92 Å². The Hall–Kier alpha value is -1.36. The van der Waals surface area contributed by atoms with Gasteiger partial charge in [-0.3, -0.25) is 9.52 Å². The summed E-state index contributed by atoms with van der Waals surface area (Å²) < 4.78 is 26.1. The molecule has 5 heteroatoms. The fourth-order valence-electron chi connectivity index (χ4n) is 2.89.